The molecule has 4 N–H and O–H groups in total. The van der Waals surface area contributed by atoms with E-state index in [1.165, 1.54) is 44.8 Å². The molecule has 8 heteroatoms. The minimum absolute atomic E-state index is 0.0262. The lowest BCUT2D eigenvalue weighted by molar-refractivity contribution is 0.0945. The first-order chi connectivity index (χ1) is 14.9. The maximum absolute atomic E-state index is 13.6. The number of allylic oxidation sites excluding steroid dienone is 1. The average Bonchev–Trinajstić information content (AvgIpc) is 3.30. The second kappa shape index (κ2) is 9.62. The highest BCUT2D eigenvalue weighted by molar-refractivity contribution is 6.15. The molecule has 3 aromatic rings. The number of hydrogen-bond acceptors (Lipinski definition) is 6. The molecular weight excluding hydrogens is 401 g/mol. The van der Waals surface area contributed by atoms with Crippen molar-refractivity contribution in [2.45, 2.75) is 6.54 Å². The summed E-state index contributed by atoms with van der Waals surface area (Å²) in [5.74, 6) is 0.0149. The van der Waals surface area contributed by atoms with Crippen LogP contribution in [0.15, 0.2) is 59.2 Å². The van der Waals surface area contributed by atoms with Gasteiger partial charge >= 0.3 is 0 Å². The number of rotatable bonds is 8. The number of furan rings is 1. The van der Waals surface area contributed by atoms with E-state index in [0.717, 1.165) is 0 Å². The lowest BCUT2D eigenvalue weighted by Crippen LogP contribution is -2.24. The third kappa shape index (κ3) is 4.92. The van der Waals surface area contributed by atoms with Crippen LogP contribution in [0.1, 0.15) is 27.2 Å². The SMILES string of the molecule is COc1cc(/C=C/C(=N)c2c(N)ccc(C(=O)NCc3ccco3)c2OC)ccc1F. The molecule has 7 nitrogen and oxygen atoms in total. The standard InChI is InChI=1S/C23H22FN3O4/c1-29-20-12-14(5-8-17(20)24)6-9-18(25)21-19(26)10-7-16(22(21)30-2)23(28)27-13-15-4-3-11-31-15/h3-12,25H,13,26H2,1-2H3,(H,27,28)/b9-6+,25-18?. The monoisotopic (exact) mass is 423 g/mol. The van der Waals surface area contributed by atoms with Crippen LogP contribution in [0.2, 0.25) is 0 Å². The molecule has 31 heavy (non-hydrogen) atoms. The molecule has 1 amide bonds. The number of anilines is 1. The molecule has 0 aliphatic carbocycles. The van der Waals surface area contributed by atoms with Crippen LogP contribution in [0.5, 0.6) is 11.5 Å². The number of hydrogen-bond donors (Lipinski definition) is 3. The Morgan fingerprint density at radius 1 is 1.23 bits per heavy atom. The van der Waals surface area contributed by atoms with Crippen LogP contribution >= 0.6 is 0 Å². The van der Waals surface area contributed by atoms with Crippen molar-refractivity contribution in [1.82, 2.24) is 5.32 Å². The van der Waals surface area contributed by atoms with Crippen molar-refractivity contribution in [3.63, 3.8) is 0 Å². The van der Waals surface area contributed by atoms with Crippen molar-refractivity contribution < 1.29 is 23.1 Å². The Hall–Kier alpha value is -4.07. The number of carbonyl (C=O) groups excluding carboxylic acids is 1. The Kier molecular flexibility index (Phi) is 6.71. The van der Waals surface area contributed by atoms with Gasteiger partial charge in [0.05, 0.1) is 43.9 Å². The van der Waals surface area contributed by atoms with Gasteiger partial charge in [-0.3, -0.25) is 4.79 Å². The van der Waals surface area contributed by atoms with Gasteiger partial charge in [-0.15, -0.1) is 0 Å². The largest absolute Gasteiger partial charge is 0.495 e. The number of ether oxygens (including phenoxy) is 2. The minimum atomic E-state index is -0.478. The molecule has 1 heterocycles. The predicted molar refractivity (Wildman–Crippen MR) is 116 cm³/mol. The molecule has 0 aliphatic heterocycles. The van der Waals surface area contributed by atoms with Crippen molar-refractivity contribution >= 4 is 23.4 Å². The number of nitrogens with one attached hydrogen (secondary N) is 2. The first-order valence-corrected chi connectivity index (χ1v) is 9.32. The smallest absolute Gasteiger partial charge is 0.255 e. The van der Waals surface area contributed by atoms with Crippen molar-refractivity contribution in [2.24, 2.45) is 0 Å². The number of carbonyl (C=O) groups is 1. The van der Waals surface area contributed by atoms with E-state index in [2.05, 4.69) is 5.32 Å². The Bertz CT molecular complexity index is 1120. The van der Waals surface area contributed by atoms with Crippen LogP contribution in [0.3, 0.4) is 0 Å². The highest BCUT2D eigenvalue weighted by atomic mass is 19.1. The van der Waals surface area contributed by atoms with Crippen LogP contribution < -0.4 is 20.5 Å². The van der Waals surface area contributed by atoms with Crippen LogP contribution in [-0.4, -0.2) is 25.8 Å². The number of benzene rings is 2. The highest BCUT2D eigenvalue weighted by Gasteiger charge is 2.20. The topological polar surface area (TPSA) is 111 Å². The highest BCUT2D eigenvalue weighted by Crippen LogP contribution is 2.30. The summed E-state index contributed by atoms with van der Waals surface area (Å²) >= 11 is 0. The molecule has 0 bridgehead atoms. The molecule has 0 aliphatic rings. The van der Waals surface area contributed by atoms with Gasteiger partial charge in [-0.2, -0.15) is 0 Å². The summed E-state index contributed by atoms with van der Waals surface area (Å²) in [6, 6.07) is 10.9. The van der Waals surface area contributed by atoms with Gasteiger partial charge < -0.3 is 30.4 Å². The number of nitrogens with two attached hydrogens (primary N) is 1. The molecule has 0 saturated carbocycles. The molecule has 1 aromatic heterocycles. The van der Waals surface area contributed by atoms with E-state index in [9.17, 15) is 9.18 Å². The number of methoxy groups -OCH3 is 2. The lowest BCUT2D eigenvalue weighted by atomic mass is 10.0. The summed E-state index contributed by atoms with van der Waals surface area (Å²) < 4.78 is 29.2. The summed E-state index contributed by atoms with van der Waals surface area (Å²) in [5, 5.41) is 11.2. The Morgan fingerprint density at radius 3 is 2.71 bits per heavy atom. The van der Waals surface area contributed by atoms with Crippen molar-refractivity contribution in [3.05, 3.63) is 83.1 Å². The van der Waals surface area contributed by atoms with E-state index >= 15 is 0 Å². The summed E-state index contributed by atoms with van der Waals surface area (Å²) in [4.78, 5) is 12.7. The van der Waals surface area contributed by atoms with E-state index in [4.69, 9.17) is 25.0 Å². The quantitative estimate of drug-likeness (QED) is 0.374. The zero-order valence-electron chi connectivity index (χ0n) is 17.1. The molecule has 0 spiro atoms. The summed E-state index contributed by atoms with van der Waals surface area (Å²) in [5.41, 5.74) is 7.54. The second-order valence-corrected chi connectivity index (χ2v) is 6.51. The van der Waals surface area contributed by atoms with Crippen LogP contribution in [-0.2, 0) is 6.54 Å². The molecule has 0 fully saturated rings. The fraction of sp³-hybridized carbons (Fsp3) is 0.130. The molecule has 0 radical (unpaired) electrons. The maximum atomic E-state index is 13.6. The Morgan fingerprint density at radius 2 is 2.03 bits per heavy atom. The zero-order chi connectivity index (χ0) is 22.4. The third-order valence-corrected chi connectivity index (χ3v) is 4.53. The molecule has 0 atom stereocenters. The minimum Gasteiger partial charge on any atom is -0.495 e. The molecular formula is C23H22FN3O4. The average molecular weight is 423 g/mol. The molecule has 160 valence electrons. The van der Waals surface area contributed by atoms with E-state index in [1.807, 2.05) is 0 Å². The molecule has 3 rings (SSSR count). The van der Waals surface area contributed by atoms with Crippen molar-refractivity contribution in [1.29, 1.82) is 5.41 Å². The summed E-state index contributed by atoms with van der Waals surface area (Å²) in [7, 11) is 2.78. The summed E-state index contributed by atoms with van der Waals surface area (Å²) in [6.45, 7) is 0.207. The molecule has 0 saturated heterocycles. The number of halogens is 1. The number of nitrogen functional groups attached to an aromatic ring is 1. The van der Waals surface area contributed by atoms with E-state index in [1.54, 1.807) is 30.3 Å². The first-order valence-electron chi connectivity index (χ1n) is 9.32. The first kappa shape index (κ1) is 21.6. The van der Waals surface area contributed by atoms with Crippen LogP contribution in [0.25, 0.3) is 6.08 Å². The number of amides is 1. The predicted octanol–water partition coefficient (Wildman–Crippen LogP) is 4.03. The Balaban J connectivity index is 1.86. The van der Waals surface area contributed by atoms with E-state index in [-0.39, 0.29) is 40.6 Å². The zero-order valence-corrected chi connectivity index (χ0v) is 17.1. The fourth-order valence-corrected chi connectivity index (χ4v) is 2.99. The normalized spacial score (nSPS) is 10.8. The van der Waals surface area contributed by atoms with Gasteiger partial charge in [0.25, 0.3) is 5.91 Å². The van der Waals surface area contributed by atoms with Gasteiger partial charge in [0, 0.05) is 5.69 Å². The van der Waals surface area contributed by atoms with Gasteiger partial charge in [0.15, 0.2) is 11.6 Å². The van der Waals surface area contributed by atoms with Gasteiger partial charge in [-0.25, -0.2) is 4.39 Å². The van der Waals surface area contributed by atoms with E-state index in [0.29, 0.717) is 11.3 Å². The maximum Gasteiger partial charge on any atom is 0.255 e. The lowest BCUT2D eigenvalue weighted by Gasteiger charge is -2.15. The molecule has 0 unspecified atom stereocenters. The van der Waals surface area contributed by atoms with Crippen LogP contribution in [0.4, 0.5) is 10.1 Å². The van der Waals surface area contributed by atoms with Gasteiger partial charge in [-0.1, -0.05) is 12.1 Å². The second-order valence-electron chi connectivity index (χ2n) is 6.51. The van der Waals surface area contributed by atoms with E-state index < -0.39 is 11.7 Å². The van der Waals surface area contributed by atoms with Gasteiger partial charge in [0.1, 0.15) is 11.5 Å². The van der Waals surface area contributed by atoms with Crippen molar-refractivity contribution in [2.75, 3.05) is 20.0 Å². The summed E-state index contributed by atoms with van der Waals surface area (Å²) in [6.07, 6.45) is 4.63. The van der Waals surface area contributed by atoms with Gasteiger partial charge in [-0.05, 0) is 48.0 Å². The van der Waals surface area contributed by atoms with Crippen molar-refractivity contribution in [3.8, 4) is 11.5 Å². The van der Waals surface area contributed by atoms with Crippen LogP contribution in [0, 0.1) is 11.2 Å². The Labute approximate surface area is 178 Å². The third-order valence-electron chi connectivity index (χ3n) is 4.53. The van der Waals surface area contributed by atoms with Gasteiger partial charge in [0.2, 0.25) is 0 Å². The fourth-order valence-electron chi connectivity index (χ4n) is 2.99. The molecule has 2 aromatic carbocycles.